The lowest BCUT2D eigenvalue weighted by atomic mass is 10.7. The summed E-state index contributed by atoms with van der Waals surface area (Å²) in [5.41, 5.74) is 0. The molecule has 3 nitrogen and oxygen atoms in total. The maximum absolute atomic E-state index is 3.42. The summed E-state index contributed by atoms with van der Waals surface area (Å²) in [7, 11) is 1.79. The molecular weight excluding hydrogens is 181 g/mol. The first kappa shape index (κ1) is 13.3. The van der Waals surface area contributed by atoms with Crippen molar-refractivity contribution in [2.24, 2.45) is 0 Å². The average molecular weight is 205 g/mol. The largest absolute Gasteiger partial charge is 0.274 e. The molecular formula is C9H24N3P. The number of hydrogen-bond donors (Lipinski definition) is 1. The van der Waals surface area contributed by atoms with Gasteiger partial charge in [-0.25, -0.2) is 0 Å². The first-order valence-electron chi connectivity index (χ1n) is 5.22. The monoisotopic (exact) mass is 205 g/mol. The van der Waals surface area contributed by atoms with Crippen molar-refractivity contribution in [3.63, 3.8) is 0 Å². The lowest BCUT2D eigenvalue weighted by molar-refractivity contribution is 0.416. The van der Waals surface area contributed by atoms with Crippen LogP contribution >= 0.6 is 8.37 Å². The Bertz CT molecular complexity index is 101. The molecule has 0 atom stereocenters. The van der Waals surface area contributed by atoms with Crippen LogP contribution in [0.15, 0.2) is 0 Å². The minimum atomic E-state index is -0.269. The molecule has 0 saturated carbocycles. The van der Waals surface area contributed by atoms with E-state index < -0.39 is 0 Å². The molecule has 0 rings (SSSR count). The van der Waals surface area contributed by atoms with Crippen LogP contribution in [0.4, 0.5) is 0 Å². The molecule has 80 valence electrons. The van der Waals surface area contributed by atoms with E-state index in [0.29, 0.717) is 0 Å². The topological polar surface area (TPSA) is 18.5 Å². The molecule has 0 aromatic rings. The van der Waals surface area contributed by atoms with E-state index in [-0.39, 0.29) is 8.37 Å². The molecule has 1 N–H and O–H groups in total. The van der Waals surface area contributed by atoms with Crippen LogP contribution in [-0.2, 0) is 0 Å². The second-order valence-corrected chi connectivity index (χ2v) is 4.95. The lowest BCUT2D eigenvalue weighted by Crippen LogP contribution is -2.33. The molecule has 0 aliphatic carbocycles. The van der Waals surface area contributed by atoms with Gasteiger partial charge in [0, 0.05) is 26.2 Å². The van der Waals surface area contributed by atoms with Crippen molar-refractivity contribution < 1.29 is 0 Å². The van der Waals surface area contributed by atoms with E-state index in [4.69, 9.17) is 0 Å². The van der Waals surface area contributed by atoms with Gasteiger partial charge in [0.05, 0.1) is 0 Å². The molecule has 0 saturated heterocycles. The molecule has 0 spiro atoms. The fraction of sp³-hybridized carbons (Fsp3) is 1.00. The first-order valence-corrected chi connectivity index (χ1v) is 6.46. The van der Waals surface area contributed by atoms with Gasteiger partial charge in [-0.3, -0.25) is 14.4 Å². The third-order valence-electron chi connectivity index (χ3n) is 2.20. The molecule has 0 aliphatic heterocycles. The van der Waals surface area contributed by atoms with Crippen LogP contribution in [0.1, 0.15) is 27.7 Å². The summed E-state index contributed by atoms with van der Waals surface area (Å²) < 4.78 is 4.98. The molecule has 0 aromatic heterocycles. The third-order valence-corrected chi connectivity index (χ3v) is 4.80. The highest BCUT2D eigenvalue weighted by atomic mass is 31.1. The van der Waals surface area contributed by atoms with Gasteiger partial charge in [0.2, 0.25) is 0 Å². The van der Waals surface area contributed by atoms with E-state index in [2.05, 4.69) is 49.2 Å². The van der Waals surface area contributed by atoms with Gasteiger partial charge in [0.15, 0.2) is 0 Å². The Labute approximate surface area is 84.4 Å². The van der Waals surface area contributed by atoms with Crippen molar-refractivity contribution in [3.05, 3.63) is 0 Å². The van der Waals surface area contributed by atoms with Gasteiger partial charge >= 0.3 is 0 Å². The predicted octanol–water partition coefficient (Wildman–Crippen LogP) is 2.12. The number of nitrogens with one attached hydrogen (secondary N) is 1. The molecule has 4 heteroatoms. The molecule has 0 unspecified atom stereocenters. The fourth-order valence-corrected chi connectivity index (χ4v) is 3.44. The zero-order chi connectivity index (χ0) is 10.3. The van der Waals surface area contributed by atoms with E-state index in [0.717, 1.165) is 26.2 Å². The maximum atomic E-state index is 3.42. The minimum Gasteiger partial charge on any atom is -0.274 e. The molecule has 0 heterocycles. The van der Waals surface area contributed by atoms with Crippen LogP contribution in [0, 0.1) is 0 Å². The Morgan fingerprint density at radius 3 is 1.31 bits per heavy atom. The van der Waals surface area contributed by atoms with Crippen molar-refractivity contribution in [1.82, 2.24) is 14.4 Å². The van der Waals surface area contributed by atoms with Gasteiger partial charge in [-0.1, -0.05) is 27.7 Å². The van der Waals surface area contributed by atoms with Crippen molar-refractivity contribution in [3.8, 4) is 0 Å². The zero-order valence-corrected chi connectivity index (χ0v) is 10.6. The molecule has 13 heavy (non-hydrogen) atoms. The minimum absolute atomic E-state index is 0.269. The van der Waals surface area contributed by atoms with Crippen molar-refractivity contribution in [2.45, 2.75) is 27.7 Å². The summed E-state index contributed by atoms with van der Waals surface area (Å²) in [6, 6.07) is 0. The second-order valence-electron chi connectivity index (χ2n) is 2.79. The van der Waals surface area contributed by atoms with Crippen LogP contribution in [-0.4, -0.2) is 42.6 Å². The molecule has 0 aromatic carbocycles. The van der Waals surface area contributed by atoms with Gasteiger partial charge in [-0.05, 0) is 7.05 Å². The number of rotatable bonds is 7. The number of hydrogen-bond acceptors (Lipinski definition) is 3. The van der Waals surface area contributed by atoms with E-state index in [1.54, 1.807) is 0 Å². The number of nitrogens with zero attached hydrogens (tertiary/aromatic N) is 2. The summed E-state index contributed by atoms with van der Waals surface area (Å²) in [6.45, 7) is 13.4. The van der Waals surface area contributed by atoms with Crippen LogP contribution in [0.2, 0.25) is 0 Å². The smallest absolute Gasteiger partial charge is 0.117 e. The van der Waals surface area contributed by atoms with Crippen molar-refractivity contribution in [1.29, 1.82) is 0 Å². The maximum Gasteiger partial charge on any atom is 0.117 e. The van der Waals surface area contributed by atoms with E-state index in [9.17, 15) is 0 Å². The Hall–Kier alpha value is 0.310. The quantitative estimate of drug-likeness (QED) is 0.642. The van der Waals surface area contributed by atoms with Crippen LogP contribution in [0.25, 0.3) is 0 Å². The standard InChI is InChI=1S/C9H24N3P/c1-6-11(7-2)13(10-5)12(8-3)9-4/h10H,6-9H2,1-5H3. The summed E-state index contributed by atoms with van der Waals surface area (Å²) in [5.74, 6) is 0. The van der Waals surface area contributed by atoms with E-state index >= 15 is 0 Å². The highest BCUT2D eigenvalue weighted by Gasteiger charge is 2.19. The highest BCUT2D eigenvalue weighted by Crippen LogP contribution is 2.38. The average Bonchev–Trinajstić information content (AvgIpc) is 2.18. The molecule has 0 fully saturated rings. The summed E-state index contributed by atoms with van der Waals surface area (Å²) in [4.78, 5) is 0. The van der Waals surface area contributed by atoms with Crippen LogP contribution in [0.3, 0.4) is 0 Å². The van der Waals surface area contributed by atoms with E-state index in [1.807, 2.05) is 0 Å². The molecule has 0 bridgehead atoms. The van der Waals surface area contributed by atoms with Crippen molar-refractivity contribution in [2.75, 3.05) is 33.2 Å². The van der Waals surface area contributed by atoms with Crippen LogP contribution in [0.5, 0.6) is 0 Å². The normalized spacial score (nSPS) is 12.0. The summed E-state index contributed by atoms with van der Waals surface area (Å²) in [6.07, 6.45) is 0. The third kappa shape index (κ3) is 3.90. The van der Waals surface area contributed by atoms with Crippen LogP contribution < -0.4 is 5.09 Å². The SMILES string of the molecule is CCN(CC)P(NC)N(CC)CC. The van der Waals surface area contributed by atoms with Gasteiger partial charge in [0.1, 0.15) is 8.37 Å². The van der Waals surface area contributed by atoms with Gasteiger partial charge in [-0.15, -0.1) is 0 Å². The fourth-order valence-electron chi connectivity index (χ4n) is 1.44. The summed E-state index contributed by atoms with van der Waals surface area (Å²) in [5, 5.41) is 3.42. The lowest BCUT2D eigenvalue weighted by Gasteiger charge is -2.36. The molecule has 0 radical (unpaired) electrons. The zero-order valence-electron chi connectivity index (χ0n) is 9.67. The predicted molar refractivity (Wildman–Crippen MR) is 61.8 cm³/mol. The Kier molecular flexibility index (Phi) is 7.87. The summed E-state index contributed by atoms with van der Waals surface area (Å²) >= 11 is 0. The van der Waals surface area contributed by atoms with E-state index in [1.165, 1.54) is 0 Å². The Morgan fingerprint density at radius 2 is 1.15 bits per heavy atom. The first-order chi connectivity index (χ1) is 6.24. The molecule has 0 amide bonds. The molecule has 0 aliphatic rings. The van der Waals surface area contributed by atoms with Gasteiger partial charge in [-0.2, -0.15) is 0 Å². The Balaban J connectivity index is 4.26. The Morgan fingerprint density at radius 1 is 0.846 bits per heavy atom. The second kappa shape index (κ2) is 7.69. The van der Waals surface area contributed by atoms with Crippen molar-refractivity contribution >= 4 is 8.37 Å². The van der Waals surface area contributed by atoms with Gasteiger partial charge in [0.25, 0.3) is 0 Å². The highest BCUT2D eigenvalue weighted by molar-refractivity contribution is 7.50. The van der Waals surface area contributed by atoms with Gasteiger partial charge < -0.3 is 0 Å².